The fraction of sp³-hybridized carbons (Fsp3) is 0. The van der Waals surface area contributed by atoms with Crippen LogP contribution in [-0.2, 0) is 4.79 Å². The molecule has 1 N–H and O–H groups in total. The summed E-state index contributed by atoms with van der Waals surface area (Å²) >= 11 is 7.39. The van der Waals surface area contributed by atoms with E-state index in [0.29, 0.717) is 15.7 Å². The summed E-state index contributed by atoms with van der Waals surface area (Å²) < 4.78 is 0. The van der Waals surface area contributed by atoms with E-state index in [2.05, 4.69) is 16.4 Å². The molecule has 0 unspecified atom stereocenters. The van der Waals surface area contributed by atoms with Gasteiger partial charge in [-0.05, 0) is 29.8 Å². The summed E-state index contributed by atoms with van der Waals surface area (Å²) in [6.07, 6.45) is 3.08. The van der Waals surface area contributed by atoms with Crippen LogP contribution in [0.3, 0.4) is 0 Å². The average molecular weight is 366 g/mol. The minimum atomic E-state index is -0.277. The second-order valence-corrected chi connectivity index (χ2v) is 6.34. The normalized spacial score (nSPS) is 10.6. The fourth-order valence-electron chi connectivity index (χ4n) is 2.10. The lowest BCUT2D eigenvalue weighted by atomic mass is 10.1. The minimum Gasteiger partial charge on any atom is -0.298 e. The van der Waals surface area contributed by atoms with Gasteiger partial charge in [0.2, 0.25) is 5.91 Å². The Morgan fingerprint density at radius 2 is 1.96 bits per heavy atom. The van der Waals surface area contributed by atoms with Crippen molar-refractivity contribution in [2.24, 2.45) is 0 Å². The molecule has 0 spiro atoms. The first-order valence-corrected chi connectivity index (χ1v) is 8.61. The van der Waals surface area contributed by atoms with E-state index in [-0.39, 0.29) is 5.91 Å². The number of hydrogen-bond acceptors (Lipinski definition) is 4. The first-order valence-electron chi connectivity index (χ1n) is 7.35. The Kier molecular flexibility index (Phi) is 5.24. The number of thiazole rings is 1. The van der Waals surface area contributed by atoms with Crippen LogP contribution >= 0.6 is 22.9 Å². The number of rotatable bonds is 4. The van der Waals surface area contributed by atoms with E-state index in [0.717, 1.165) is 16.8 Å². The second kappa shape index (κ2) is 7.75. The van der Waals surface area contributed by atoms with Gasteiger partial charge in [0.15, 0.2) is 5.13 Å². The third-order valence-corrected chi connectivity index (χ3v) is 4.47. The monoisotopic (exact) mass is 365 g/mol. The van der Waals surface area contributed by atoms with Crippen molar-refractivity contribution in [3.8, 4) is 17.3 Å². The number of carbonyl (C=O) groups is 1. The van der Waals surface area contributed by atoms with Crippen LogP contribution in [0.2, 0.25) is 5.02 Å². The van der Waals surface area contributed by atoms with Crippen molar-refractivity contribution < 1.29 is 4.79 Å². The summed E-state index contributed by atoms with van der Waals surface area (Å²) in [5.74, 6) is -0.277. The molecule has 0 fully saturated rings. The van der Waals surface area contributed by atoms with Gasteiger partial charge in [-0.15, -0.1) is 11.3 Å². The number of nitrogens with zero attached hydrogens (tertiary/aromatic N) is 2. The zero-order valence-corrected chi connectivity index (χ0v) is 14.5. The molecule has 2 aromatic carbocycles. The van der Waals surface area contributed by atoms with Crippen LogP contribution in [0.4, 0.5) is 5.13 Å². The van der Waals surface area contributed by atoms with Crippen LogP contribution in [0.1, 0.15) is 11.1 Å². The van der Waals surface area contributed by atoms with Crippen LogP contribution in [-0.4, -0.2) is 10.9 Å². The van der Waals surface area contributed by atoms with Crippen LogP contribution in [0.5, 0.6) is 0 Å². The number of nitriles is 1. The molecular weight excluding hydrogens is 354 g/mol. The Hall–Kier alpha value is -2.94. The molecule has 3 rings (SSSR count). The van der Waals surface area contributed by atoms with Crippen molar-refractivity contribution in [3.63, 3.8) is 0 Å². The molecule has 25 heavy (non-hydrogen) atoms. The maximum absolute atomic E-state index is 12.0. The second-order valence-electron chi connectivity index (χ2n) is 5.07. The molecule has 1 aromatic heterocycles. The molecule has 0 saturated heterocycles. The molecule has 1 amide bonds. The number of halogens is 1. The van der Waals surface area contributed by atoms with Gasteiger partial charge < -0.3 is 0 Å². The van der Waals surface area contributed by atoms with Gasteiger partial charge in [0.25, 0.3) is 0 Å². The molecule has 6 heteroatoms. The summed E-state index contributed by atoms with van der Waals surface area (Å²) in [4.78, 5) is 16.4. The largest absolute Gasteiger partial charge is 0.298 e. The molecule has 4 nitrogen and oxygen atoms in total. The smallest absolute Gasteiger partial charge is 0.250 e. The van der Waals surface area contributed by atoms with E-state index in [1.54, 1.807) is 24.3 Å². The van der Waals surface area contributed by atoms with Gasteiger partial charge in [0.1, 0.15) is 0 Å². The highest BCUT2D eigenvalue weighted by Crippen LogP contribution is 2.25. The first-order chi connectivity index (χ1) is 12.2. The van der Waals surface area contributed by atoms with E-state index in [9.17, 15) is 4.79 Å². The average Bonchev–Trinajstić information content (AvgIpc) is 3.09. The van der Waals surface area contributed by atoms with Crippen molar-refractivity contribution >= 4 is 40.1 Å². The lowest BCUT2D eigenvalue weighted by molar-refractivity contribution is -0.111. The molecule has 0 radical (unpaired) electrons. The highest BCUT2D eigenvalue weighted by Gasteiger charge is 2.07. The molecule has 0 aliphatic carbocycles. The van der Waals surface area contributed by atoms with Crippen LogP contribution in [0.15, 0.2) is 60.0 Å². The van der Waals surface area contributed by atoms with Gasteiger partial charge in [0, 0.05) is 22.0 Å². The maximum Gasteiger partial charge on any atom is 0.250 e. The summed E-state index contributed by atoms with van der Waals surface area (Å²) in [6, 6.07) is 16.5. The quantitative estimate of drug-likeness (QED) is 0.662. The SMILES string of the molecule is N#Cc1ccc(-c2csc(NC(=O)C=Cc3ccccc3Cl)n2)cc1. The molecule has 0 atom stereocenters. The number of amides is 1. The van der Waals surface area contributed by atoms with E-state index in [1.807, 2.05) is 35.7 Å². The van der Waals surface area contributed by atoms with Gasteiger partial charge in [-0.1, -0.05) is 41.9 Å². The number of benzene rings is 2. The third kappa shape index (κ3) is 4.32. The van der Waals surface area contributed by atoms with Gasteiger partial charge in [0.05, 0.1) is 17.3 Å². The third-order valence-electron chi connectivity index (χ3n) is 3.36. The molecule has 0 aliphatic rings. The van der Waals surface area contributed by atoms with E-state index < -0.39 is 0 Å². The van der Waals surface area contributed by atoms with Crippen molar-refractivity contribution in [1.82, 2.24) is 4.98 Å². The van der Waals surface area contributed by atoms with Crippen molar-refractivity contribution in [1.29, 1.82) is 5.26 Å². The number of hydrogen-bond donors (Lipinski definition) is 1. The van der Waals surface area contributed by atoms with Crippen molar-refractivity contribution in [3.05, 3.63) is 76.1 Å². The molecule has 0 saturated carbocycles. The maximum atomic E-state index is 12.0. The first kappa shape index (κ1) is 16.9. The van der Waals surface area contributed by atoms with E-state index in [4.69, 9.17) is 16.9 Å². The van der Waals surface area contributed by atoms with Crippen molar-refractivity contribution in [2.75, 3.05) is 5.32 Å². The van der Waals surface area contributed by atoms with Crippen LogP contribution in [0.25, 0.3) is 17.3 Å². The molecule has 3 aromatic rings. The van der Waals surface area contributed by atoms with Gasteiger partial charge in [-0.3, -0.25) is 10.1 Å². The highest BCUT2D eigenvalue weighted by molar-refractivity contribution is 7.14. The zero-order valence-electron chi connectivity index (χ0n) is 12.9. The Labute approximate surface area is 154 Å². The Balaban J connectivity index is 1.67. The summed E-state index contributed by atoms with van der Waals surface area (Å²) in [5, 5.41) is 14.5. The molecule has 0 aliphatic heterocycles. The molecule has 0 bridgehead atoms. The van der Waals surface area contributed by atoms with Crippen LogP contribution < -0.4 is 5.32 Å². The molecule has 1 heterocycles. The number of nitrogens with one attached hydrogen (secondary N) is 1. The summed E-state index contributed by atoms with van der Waals surface area (Å²) in [7, 11) is 0. The molecule has 122 valence electrons. The fourth-order valence-corrected chi connectivity index (χ4v) is 3.02. The Morgan fingerprint density at radius 3 is 2.68 bits per heavy atom. The van der Waals surface area contributed by atoms with E-state index in [1.165, 1.54) is 17.4 Å². The topological polar surface area (TPSA) is 65.8 Å². The predicted octanol–water partition coefficient (Wildman–Crippen LogP) is 4.99. The number of carbonyl (C=O) groups excluding carboxylic acids is 1. The highest BCUT2D eigenvalue weighted by atomic mass is 35.5. The zero-order chi connectivity index (χ0) is 17.6. The van der Waals surface area contributed by atoms with Gasteiger partial charge in [-0.25, -0.2) is 4.98 Å². The predicted molar refractivity (Wildman–Crippen MR) is 101 cm³/mol. The van der Waals surface area contributed by atoms with Crippen molar-refractivity contribution in [2.45, 2.75) is 0 Å². The van der Waals surface area contributed by atoms with Gasteiger partial charge >= 0.3 is 0 Å². The summed E-state index contributed by atoms with van der Waals surface area (Å²) in [6.45, 7) is 0. The Morgan fingerprint density at radius 1 is 1.20 bits per heavy atom. The lowest BCUT2D eigenvalue weighted by Gasteiger charge is -1.98. The standard InChI is InChI=1S/C19H12ClN3OS/c20-16-4-2-1-3-14(16)9-10-18(24)23-19-22-17(12-25-19)15-7-5-13(11-21)6-8-15/h1-10,12H,(H,22,23,24). The number of aromatic nitrogens is 1. The minimum absolute atomic E-state index is 0.277. The Bertz CT molecular complexity index is 971. The number of anilines is 1. The van der Waals surface area contributed by atoms with Gasteiger partial charge in [-0.2, -0.15) is 5.26 Å². The van der Waals surface area contributed by atoms with Crippen LogP contribution in [0, 0.1) is 11.3 Å². The summed E-state index contributed by atoms with van der Waals surface area (Å²) in [5.41, 5.74) is 3.01. The van der Waals surface area contributed by atoms with E-state index >= 15 is 0 Å². The lowest BCUT2D eigenvalue weighted by Crippen LogP contribution is -2.07. The molecular formula is C19H12ClN3OS.